The summed E-state index contributed by atoms with van der Waals surface area (Å²) >= 11 is 3.89. The fourth-order valence-corrected chi connectivity index (χ4v) is 3.68. The first-order valence-electron chi connectivity index (χ1n) is 7.33. The van der Waals surface area contributed by atoms with Crippen molar-refractivity contribution in [1.29, 1.82) is 0 Å². The lowest BCUT2D eigenvalue weighted by molar-refractivity contribution is 0.955. The van der Waals surface area contributed by atoms with E-state index in [1.165, 1.54) is 33.0 Å². The predicted molar refractivity (Wildman–Crippen MR) is 95.2 cm³/mol. The summed E-state index contributed by atoms with van der Waals surface area (Å²) < 4.78 is 0. The Morgan fingerprint density at radius 2 is 1.62 bits per heavy atom. The predicted octanol–water partition coefficient (Wildman–Crippen LogP) is 6.14. The van der Waals surface area contributed by atoms with Crippen molar-refractivity contribution in [2.24, 2.45) is 0 Å². The summed E-state index contributed by atoms with van der Waals surface area (Å²) in [5, 5.41) is 2.70. The van der Waals surface area contributed by atoms with Crippen molar-refractivity contribution in [3.05, 3.63) is 82.9 Å². The normalized spacial score (nSPS) is 12.5. The maximum Gasteiger partial charge on any atom is 0.0441 e. The van der Waals surface area contributed by atoms with Crippen LogP contribution in [0.2, 0.25) is 0 Å². The maximum atomic E-state index is 3.89. The monoisotopic (exact) mass is 338 g/mol. The first-order valence-corrected chi connectivity index (χ1v) is 8.24. The molecule has 0 spiro atoms. The van der Waals surface area contributed by atoms with E-state index in [-0.39, 0.29) is 0 Å². The molecule has 3 aromatic rings. The summed E-state index contributed by atoms with van der Waals surface area (Å²) in [7, 11) is 0. The third-order valence-electron chi connectivity index (χ3n) is 4.01. The van der Waals surface area contributed by atoms with Gasteiger partial charge in [0, 0.05) is 4.83 Å². The highest BCUT2D eigenvalue weighted by Crippen LogP contribution is 2.34. The Morgan fingerprint density at radius 3 is 2.38 bits per heavy atom. The molecule has 1 heteroatoms. The SMILES string of the molecule is Cc1cccc(CC(Br)c2ccc(C)c3ccccc23)c1. The summed E-state index contributed by atoms with van der Waals surface area (Å²) in [6.07, 6.45) is 1.01. The Kier molecular flexibility index (Phi) is 4.12. The molecule has 0 N–H and O–H groups in total. The molecular weight excluding hydrogens is 320 g/mol. The first-order chi connectivity index (χ1) is 10.1. The van der Waals surface area contributed by atoms with E-state index in [0.29, 0.717) is 4.83 Å². The standard InChI is InChI=1S/C20H19Br/c1-14-6-5-7-16(12-14)13-20(21)19-11-10-15(2)17-8-3-4-9-18(17)19/h3-12,20H,13H2,1-2H3. The van der Waals surface area contributed by atoms with Crippen molar-refractivity contribution >= 4 is 26.7 Å². The number of hydrogen-bond donors (Lipinski definition) is 0. The molecule has 0 amide bonds. The highest BCUT2D eigenvalue weighted by molar-refractivity contribution is 9.09. The Labute approximate surface area is 134 Å². The van der Waals surface area contributed by atoms with Gasteiger partial charge in [-0.05, 0) is 47.7 Å². The molecule has 0 aliphatic rings. The zero-order chi connectivity index (χ0) is 14.8. The fraction of sp³-hybridized carbons (Fsp3) is 0.200. The number of fused-ring (bicyclic) bond motifs is 1. The molecule has 0 heterocycles. The Hall–Kier alpha value is -1.60. The van der Waals surface area contributed by atoms with Gasteiger partial charge < -0.3 is 0 Å². The second-order valence-electron chi connectivity index (χ2n) is 5.68. The molecule has 0 saturated carbocycles. The highest BCUT2D eigenvalue weighted by Gasteiger charge is 2.12. The van der Waals surface area contributed by atoms with Crippen molar-refractivity contribution in [3.63, 3.8) is 0 Å². The molecule has 0 aliphatic carbocycles. The molecule has 0 aliphatic heterocycles. The van der Waals surface area contributed by atoms with Crippen LogP contribution in [0.15, 0.2) is 60.7 Å². The average Bonchev–Trinajstić information content (AvgIpc) is 2.48. The van der Waals surface area contributed by atoms with Gasteiger partial charge in [-0.2, -0.15) is 0 Å². The molecule has 3 aromatic carbocycles. The van der Waals surface area contributed by atoms with E-state index >= 15 is 0 Å². The lowest BCUT2D eigenvalue weighted by atomic mass is 9.95. The molecule has 106 valence electrons. The Morgan fingerprint density at radius 1 is 0.857 bits per heavy atom. The summed E-state index contributed by atoms with van der Waals surface area (Å²) in [6, 6.07) is 21.9. The quantitative estimate of drug-likeness (QED) is 0.503. The van der Waals surface area contributed by atoms with Crippen LogP contribution in [0.4, 0.5) is 0 Å². The highest BCUT2D eigenvalue weighted by atomic mass is 79.9. The van der Waals surface area contributed by atoms with Gasteiger partial charge >= 0.3 is 0 Å². The third-order valence-corrected chi connectivity index (χ3v) is 4.83. The van der Waals surface area contributed by atoms with Crippen LogP contribution in [-0.4, -0.2) is 0 Å². The molecular formula is C20H19Br. The van der Waals surface area contributed by atoms with Crippen molar-refractivity contribution in [3.8, 4) is 0 Å². The van der Waals surface area contributed by atoms with Crippen LogP contribution in [0.3, 0.4) is 0 Å². The van der Waals surface area contributed by atoms with Gasteiger partial charge in [-0.25, -0.2) is 0 Å². The number of benzene rings is 3. The van der Waals surface area contributed by atoms with E-state index < -0.39 is 0 Å². The van der Waals surface area contributed by atoms with Gasteiger partial charge in [0.15, 0.2) is 0 Å². The van der Waals surface area contributed by atoms with Crippen molar-refractivity contribution in [2.45, 2.75) is 25.1 Å². The largest absolute Gasteiger partial charge is 0.0835 e. The van der Waals surface area contributed by atoms with Crippen LogP contribution in [0.5, 0.6) is 0 Å². The smallest absolute Gasteiger partial charge is 0.0441 e. The van der Waals surface area contributed by atoms with Crippen molar-refractivity contribution in [2.75, 3.05) is 0 Å². The topological polar surface area (TPSA) is 0 Å². The minimum Gasteiger partial charge on any atom is -0.0835 e. The molecule has 1 unspecified atom stereocenters. The van der Waals surface area contributed by atoms with Crippen molar-refractivity contribution < 1.29 is 0 Å². The molecule has 0 aromatic heterocycles. The zero-order valence-corrected chi connectivity index (χ0v) is 14.0. The van der Waals surface area contributed by atoms with Gasteiger partial charge in [0.05, 0.1) is 0 Å². The molecule has 1 atom stereocenters. The summed E-state index contributed by atoms with van der Waals surface area (Å²) in [5.41, 5.74) is 5.41. The van der Waals surface area contributed by atoms with Crippen LogP contribution >= 0.6 is 15.9 Å². The Bertz CT molecular complexity index is 774. The minimum absolute atomic E-state index is 0.338. The summed E-state index contributed by atoms with van der Waals surface area (Å²) in [6.45, 7) is 4.32. The van der Waals surface area contributed by atoms with E-state index in [1.807, 2.05) is 0 Å². The molecule has 21 heavy (non-hydrogen) atoms. The zero-order valence-electron chi connectivity index (χ0n) is 12.4. The molecule has 3 rings (SSSR count). The van der Waals surface area contributed by atoms with E-state index in [0.717, 1.165) is 6.42 Å². The number of hydrogen-bond acceptors (Lipinski definition) is 0. The van der Waals surface area contributed by atoms with Crippen LogP contribution in [0.1, 0.15) is 27.1 Å². The van der Waals surface area contributed by atoms with Crippen LogP contribution < -0.4 is 0 Å². The van der Waals surface area contributed by atoms with Gasteiger partial charge in [-0.15, -0.1) is 0 Å². The number of halogens is 1. The van der Waals surface area contributed by atoms with Crippen LogP contribution in [-0.2, 0) is 6.42 Å². The van der Waals surface area contributed by atoms with Gasteiger partial charge in [0.1, 0.15) is 0 Å². The number of alkyl halides is 1. The number of rotatable bonds is 3. The minimum atomic E-state index is 0.338. The first kappa shape index (κ1) is 14.3. The number of aryl methyl sites for hydroxylation is 2. The van der Waals surface area contributed by atoms with Crippen molar-refractivity contribution in [1.82, 2.24) is 0 Å². The van der Waals surface area contributed by atoms with Crippen LogP contribution in [0.25, 0.3) is 10.8 Å². The van der Waals surface area contributed by atoms with E-state index in [4.69, 9.17) is 0 Å². The molecule has 0 nitrogen and oxygen atoms in total. The molecule has 0 radical (unpaired) electrons. The fourth-order valence-electron chi connectivity index (χ4n) is 2.90. The van der Waals surface area contributed by atoms with E-state index in [9.17, 15) is 0 Å². The van der Waals surface area contributed by atoms with Gasteiger partial charge in [-0.1, -0.05) is 82.2 Å². The average molecular weight is 339 g/mol. The second kappa shape index (κ2) is 6.03. The maximum absolute atomic E-state index is 3.89. The molecule has 0 bridgehead atoms. The Balaban J connectivity index is 1.98. The van der Waals surface area contributed by atoms with E-state index in [2.05, 4.69) is 90.4 Å². The second-order valence-corrected chi connectivity index (χ2v) is 6.78. The van der Waals surface area contributed by atoms with Gasteiger partial charge in [0.25, 0.3) is 0 Å². The summed E-state index contributed by atoms with van der Waals surface area (Å²) in [5.74, 6) is 0. The summed E-state index contributed by atoms with van der Waals surface area (Å²) in [4.78, 5) is 0.338. The van der Waals surface area contributed by atoms with Gasteiger partial charge in [-0.3, -0.25) is 0 Å². The van der Waals surface area contributed by atoms with E-state index in [1.54, 1.807) is 0 Å². The third kappa shape index (κ3) is 3.03. The van der Waals surface area contributed by atoms with Gasteiger partial charge in [0.2, 0.25) is 0 Å². The lowest BCUT2D eigenvalue weighted by Gasteiger charge is -2.15. The molecule has 0 fully saturated rings. The van der Waals surface area contributed by atoms with Crippen LogP contribution in [0, 0.1) is 13.8 Å². The molecule has 0 saturated heterocycles. The lowest BCUT2D eigenvalue weighted by Crippen LogP contribution is -1.97.